The maximum absolute atomic E-state index is 12.3. The van der Waals surface area contributed by atoms with Gasteiger partial charge >= 0.3 is 5.97 Å². The SMILES string of the molecule is N[C@@H](Cc1ccc(O)cc1)C(=O)N[C@@]1(C(=O)O)CS(=O)(=O)[C@H]2[CH][C@H]21. The number of benzene rings is 1. The van der Waals surface area contributed by atoms with Crippen LogP contribution in [0.4, 0.5) is 0 Å². The smallest absolute Gasteiger partial charge is 0.330 e. The van der Waals surface area contributed by atoms with Crippen LogP contribution in [0.25, 0.3) is 0 Å². The number of phenols is 1. The monoisotopic (exact) mass is 353 g/mol. The molecule has 0 unspecified atom stereocenters. The molecule has 129 valence electrons. The third kappa shape index (κ3) is 2.73. The van der Waals surface area contributed by atoms with Crippen molar-refractivity contribution in [2.24, 2.45) is 11.7 Å². The van der Waals surface area contributed by atoms with Crippen molar-refractivity contribution in [2.45, 2.75) is 23.3 Å². The molecular weight excluding hydrogens is 336 g/mol. The Hall–Kier alpha value is -2.13. The van der Waals surface area contributed by atoms with Gasteiger partial charge in [-0.05, 0) is 30.5 Å². The summed E-state index contributed by atoms with van der Waals surface area (Å²) in [7, 11) is -3.56. The summed E-state index contributed by atoms with van der Waals surface area (Å²) in [5, 5.41) is 20.3. The van der Waals surface area contributed by atoms with Crippen LogP contribution in [0.3, 0.4) is 0 Å². The van der Waals surface area contributed by atoms with Gasteiger partial charge in [-0.15, -0.1) is 0 Å². The van der Waals surface area contributed by atoms with Crippen molar-refractivity contribution in [3.8, 4) is 5.75 Å². The second kappa shape index (κ2) is 5.45. The quantitative estimate of drug-likeness (QED) is 0.521. The molecule has 1 radical (unpaired) electrons. The summed E-state index contributed by atoms with van der Waals surface area (Å²) in [4.78, 5) is 23.9. The van der Waals surface area contributed by atoms with E-state index in [0.717, 1.165) is 0 Å². The fraction of sp³-hybridized carbons (Fsp3) is 0.400. The van der Waals surface area contributed by atoms with Crippen LogP contribution in [-0.2, 0) is 25.8 Å². The lowest BCUT2D eigenvalue weighted by Gasteiger charge is -2.28. The van der Waals surface area contributed by atoms with E-state index in [1.165, 1.54) is 18.6 Å². The summed E-state index contributed by atoms with van der Waals surface area (Å²) in [6, 6.07) is 5.06. The number of carboxylic acid groups (broad SMARTS) is 1. The van der Waals surface area contributed by atoms with Gasteiger partial charge in [-0.3, -0.25) is 4.79 Å². The highest BCUT2D eigenvalue weighted by atomic mass is 32.2. The van der Waals surface area contributed by atoms with Crippen LogP contribution >= 0.6 is 0 Å². The van der Waals surface area contributed by atoms with Crippen molar-refractivity contribution >= 4 is 21.7 Å². The number of hydrogen-bond donors (Lipinski definition) is 4. The number of nitrogens with two attached hydrogens (primary N) is 1. The lowest BCUT2D eigenvalue weighted by atomic mass is 9.94. The van der Waals surface area contributed by atoms with Crippen molar-refractivity contribution in [2.75, 3.05) is 5.75 Å². The van der Waals surface area contributed by atoms with Crippen LogP contribution in [0, 0.1) is 12.3 Å². The Balaban J connectivity index is 1.73. The fourth-order valence-corrected chi connectivity index (χ4v) is 5.41. The van der Waals surface area contributed by atoms with Gasteiger partial charge in [0.25, 0.3) is 0 Å². The number of carbonyl (C=O) groups is 2. The number of rotatable bonds is 5. The molecule has 1 saturated carbocycles. The van der Waals surface area contributed by atoms with Gasteiger partial charge in [-0.25, -0.2) is 13.2 Å². The van der Waals surface area contributed by atoms with Crippen LogP contribution in [-0.4, -0.2) is 53.1 Å². The van der Waals surface area contributed by atoms with Crippen molar-refractivity contribution in [1.82, 2.24) is 5.32 Å². The summed E-state index contributed by atoms with van der Waals surface area (Å²) in [6.07, 6.45) is 1.55. The zero-order valence-electron chi connectivity index (χ0n) is 12.5. The molecule has 2 fully saturated rings. The van der Waals surface area contributed by atoms with Crippen LogP contribution in [0.1, 0.15) is 5.56 Å². The zero-order chi connectivity index (χ0) is 17.7. The van der Waals surface area contributed by atoms with Crippen molar-refractivity contribution in [1.29, 1.82) is 0 Å². The predicted molar refractivity (Wildman–Crippen MR) is 83.7 cm³/mol. The van der Waals surface area contributed by atoms with E-state index in [-0.39, 0.29) is 12.2 Å². The first-order valence-electron chi connectivity index (χ1n) is 7.31. The molecule has 0 aromatic heterocycles. The van der Waals surface area contributed by atoms with Crippen LogP contribution in [0.15, 0.2) is 24.3 Å². The van der Waals surface area contributed by atoms with Crippen molar-refractivity contribution < 1.29 is 28.2 Å². The van der Waals surface area contributed by atoms with Gasteiger partial charge in [0.15, 0.2) is 15.4 Å². The van der Waals surface area contributed by atoms with E-state index in [9.17, 15) is 28.2 Å². The largest absolute Gasteiger partial charge is 0.508 e. The molecular formula is C15H17N2O6S. The maximum Gasteiger partial charge on any atom is 0.330 e. The predicted octanol–water partition coefficient (Wildman–Crippen LogP) is -1.17. The van der Waals surface area contributed by atoms with Crippen LogP contribution < -0.4 is 11.1 Å². The average molecular weight is 353 g/mol. The summed E-state index contributed by atoms with van der Waals surface area (Å²) >= 11 is 0. The van der Waals surface area contributed by atoms with Gasteiger partial charge in [0.1, 0.15) is 5.75 Å². The average Bonchev–Trinajstić information content (AvgIpc) is 3.26. The van der Waals surface area contributed by atoms with Gasteiger partial charge in [-0.1, -0.05) is 12.1 Å². The number of amides is 1. The van der Waals surface area contributed by atoms with Crippen molar-refractivity contribution in [3.63, 3.8) is 0 Å². The van der Waals surface area contributed by atoms with Gasteiger partial charge in [0.2, 0.25) is 5.91 Å². The minimum absolute atomic E-state index is 0.0769. The van der Waals surface area contributed by atoms with Gasteiger partial charge < -0.3 is 21.3 Å². The Morgan fingerprint density at radius 2 is 1.96 bits per heavy atom. The third-order valence-electron chi connectivity index (χ3n) is 4.48. The second-order valence-electron chi connectivity index (χ2n) is 6.23. The lowest BCUT2D eigenvalue weighted by molar-refractivity contribution is -0.147. The second-order valence-corrected chi connectivity index (χ2v) is 8.39. The third-order valence-corrected chi connectivity index (χ3v) is 6.62. The summed E-state index contributed by atoms with van der Waals surface area (Å²) in [5.74, 6) is -3.37. The highest BCUT2D eigenvalue weighted by molar-refractivity contribution is 7.93. The van der Waals surface area contributed by atoms with E-state index in [1.54, 1.807) is 12.1 Å². The fourth-order valence-electron chi connectivity index (χ4n) is 3.11. The molecule has 1 saturated heterocycles. The number of hydrogen-bond acceptors (Lipinski definition) is 6. The molecule has 1 amide bonds. The Kier molecular flexibility index (Phi) is 3.80. The summed E-state index contributed by atoms with van der Waals surface area (Å²) < 4.78 is 23.8. The zero-order valence-corrected chi connectivity index (χ0v) is 13.4. The normalized spacial score (nSPS) is 31.0. The van der Waals surface area contributed by atoms with E-state index in [2.05, 4.69) is 5.32 Å². The van der Waals surface area contributed by atoms with Gasteiger partial charge in [0.05, 0.1) is 17.0 Å². The summed E-state index contributed by atoms with van der Waals surface area (Å²) in [6.45, 7) is 0. The number of aliphatic carboxylic acids is 1. The molecule has 1 aliphatic heterocycles. The Bertz CT molecular complexity index is 791. The standard InChI is InChI=1S/C15H17N2O6S/c16-11(5-8-1-3-9(18)4-2-8)13(19)17-15(14(20)21)7-24(22,23)12-6-10(12)15/h1-4,6,10-12,18H,5,7,16H2,(H,17,19)(H,20,21)/t10-,11+,12+,15+/m1/s1. The number of carboxylic acids is 1. The summed E-state index contributed by atoms with van der Waals surface area (Å²) in [5.41, 5.74) is 4.67. The highest BCUT2D eigenvalue weighted by Crippen LogP contribution is 2.51. The molecule has 2 aliphatic rings. The maximum atomic E-state index is 12.3. The first-order chi connectivity index (χ1) is 11.2. The van der Waals surface area contributed by atoms with Crippen molar-refractivity contribution in [3.05, 3.63) is 36.2 Å². The number of aromatic hydroxyl groups is 1. The minimum Gasteiger partial charge on any atom is -0.508 e. The molecule has 4 atom stereocenters. The Morgan fingerprint density at radius 1 is 1.33 bits per heavy atom. The van der Waals surface area contributed by atoms with E-state index < -0.39 is 50.2 Å². The lowest BCUT2D eigenvalue weighted by Crippen LogP contribution is -2.61. The number of nitrogens with one attached hydrogen (secondary N) is 1. The molecule has 0 bridgehead atoms. The number of carbonyl (C=O) groups excluding carboxylic acids is 1. The van der Waals surface area contributed by atoms with Crippen LogP contribution in [0.2, 0.25) is 0 Å². The molecule has 1 aromatic carbocycles. The molecule has 3 rings (SSSR count). The van der Waals surface area contributed by atoms with Crippen LogP contribution in [0.5, 0.6) is 5.75 Å². The van der Waals surface area contributed by atoms with E-state index in [1.807, 2.05) is 0 Å². The molecule has 8 nitrogen and oxygen atoms in total. The minimum atomic E-state index is -3.56. The molecule has 24 heavy (non-hydrogen) atoms. The van der Waals surface area contributed by atoms with E-state index in [4.69, 9.17) is 5.73 Å². The highest BCUT2D eigenvalue weighted by Gasteiger charge is 2.71. The molecule has 9 heteroatoms. The molecule has 1 aromatic rings. The first-order valence-corrected chi connectivity index (χ1v) is 9.03. The topological polar surface area (TPSA) is 147 Å². The molecule has 5 N–H and O–H groups in total. The Labute approximate surface area is 138 Å². The van der Waals surface area contributed by atoms with Gasteiger partial charge in [-0.2, -0.15) is 0 Å². The number of fused-ring (bicyclic) bond motifs is 1. The number of sulfone groups is 1. The van der Waals surface area contributed by atoms with Gasteiger partial charge in [0, 0.05) is 5.92 Å². The molecule has 1 aliphatic carbocycles. The molecule has 1 heterocycles. The van der Waals surface area contributed by atoms with E-state index in [0.29, 0.717) is 5.56 Å². The van der Waals surface area contributed by atoms with E-state index >= 15 is 0 Å². The Morgan fingerprint density at radius 3 is 2.42 bits per heavy atom. The number of phenolic OH excluding ortho intramolecular Hbond substituents is 1. The molecule has 0 spiro atoms. The first kappa shape index (κ1) is 16.7.